The minimum Gasteiger partial charge on any atom is -0.382 e. The molecule has 30 heavy (non-hydrogen) atoms. The highest BCUT2D eigenvalue weighted by Crippen LogP contribution is 2.16. The molecule has 10 heteroatoms. The van der Waals surface area contributed by atoms with Crippen LogP contribution in [0.5, 0.6) is 0 Å². The van der Waals surface area contributed by atoms with Gasteiger partial charge in [-0.2, -0.15) is 0 Å². The molecule has 0 bridgehead atoms. The highest BCUT2D eigenvalue weighted by molar-refractivity contribution is 14.0. The molecule has 2 N–H and O–H groups in total. The number of sulfonamides is 1. The number of nitrogens with one attached hydrogen (secondary N) is 2. The van der Waals surface area contributed by atoms with Gasteiger partial charge in [0.05, 0.1) is 32.1 Å². The average Bonchev–Trinajstić information content (AvgIpc) is 3.19. The van der Waals surface area contributed by atoms with Crippen molar-refractivity contribution in [3.8, 4) is 0 Å². The summed E-state index contributed by atoms with van der Waals surface area (Å²) in [6, 6.07) is 9.48. The van der Waals surface area contributed by atoms with Crippen molar-refractivity contribution < 1.29 is 17.9 Å². The van der Waals surface area contributed by atoms with Crippen LogP contribution in [0.4, 0.5) is 0 Å². The zero-order chi connectivity index (χ0) is 21.0. The van der Waals surface area contributed by atoms with Crippen molar-refractivity contribution in [3.05, 3.63) is 35.9 Å². The van der Waals surface area contributed by atoms with Gasteiger partial charge in [0.2, 0.25) is 10.0 Å². The van der Waals surface area contributed by atoms with E-state index in [2.05, 4.69) is 19.9 Å². The standard InChI is InChI=1S/C20H34N4O4S.HI/c1-3-21-20(24-11-9-19(16-24)17-28-13-12-27-2)22-10-14-29(25,26)23-15-18-7-5-4-6-8-18;/h4-8,19,23H,3,9-17H2,1-2H3,(H,21,22);1H. The first kappa shape index (κ1) is 27.1. The van der Waals surface area contributed by atoms with Gasteiger partial charge in [0.1, 0.15) is 0 Å². The van der Waals surface area contributed by atoms with Gasteiger partial charge < -0.3 is 19.7 Å². The van der Waals surface area contributed by atoms with Gasteiger partial charge in [-0.15, -0.1) is 24.0 Å². The molecule has 1 aliphatic heterocycles. The Hall–Kier alpha value is -0.950. The lowest BCUT2D eigenvalue weighted by molar-refractivity contribution is 0.0536. The first-order valence-corrected chi connectivity index (χ1v) is 11.8. The van der Waals surface area contributed by atoms with Crippen LogP contribution in [0.25, 0.3) is 0 Å². The van der Waals surface area contributed by atoms with Crippen LogP contribution in [0.3, 0.4) is 0 Å². The second-order valence-corrected chi connectivity index (χ2v) is 8.96. The third-order valence-corrected chi connectivity index (χ3v) is 5.97. The number of ether oxygens (including phenoxy) is 2. The summed E-state index contributed by atoms with van der Waals surface area (Å²) in [5.74, 6) is 1.18. The Morgan fingerprint density at radius 3 is 2.73 bits per heavy atom. The summed E-state index contributed by atoms with van der Waals surface area (Å²) in [5, 5.41) is 3.27. The van der Waals surface area contributed by atoms with Crippen molar-refractivity contribution in [1.82, 2.24) is 14.9 Å². The van der Waals surface area contributed by atoms with Crippen molar-refractivity contribution in [3.63, 3.8) is 0 Å². The van der Waals surface area contributed by atoms with Gasteiger partial charge in [-0.1, -0.05) is 30.3 Å². The summed E-state index contributed by atoms with van der Waals surface area (Å²) in [6.07, 6.45) is 1.04. The Bertz CT molecular complexity index is 719. The lowest BCUT2D eigenvalue weighted by atomic mass is 10.1. The molecule has 1 atom stereocenters. The molecule has 8 nitrogen and oxygen atoms in total. The summed E-state index contributed by atoms with van der Waals surface area (Å²) in [5.41, 5.74) is 0.934. The van der Waals surface area contributed by atoms with Crippen LogP contribution in [-0.4, -0.2) is 78.1 Å². The minimum atomic E-state index is -3.38. The summed E-state index contributed by atoms with van der Waals surface area (Å²) in [4.78, 5) is 6.71. The number of nitrogens with zero attached hydrogens (tertiary/aromatic N) is 2. The molecule has 172 valence electrons. The zero-order valence-corrected chi connectivity index (χ0v) is 21.0. The van der Waals surface area contributed by atoms with Crippen LogP contribution in [-0.2, 0) is 26.0 Å². The molecule has 1 aromatic carbocycles. The van der Waals surface area contributed by atoms with Gasteiger partial charge in [0.15, 0.2) is 5.96 Å². The van der Waals surface area contributed by atoms with E-state index in [1.54, 1.807) is 7.11 Å². The van der Waals surface area contributed by atoms with Crippen LogP contribution in [0.2, 0.25) is 0 Å². The molecule has 1 fully saturated rings. The van der Waals surface area contributed by atoms with Crippen molar-refractivity contribution in [1.29, 1.82) is 0 Å². The fourth-order valence-electron chi connectivity index (χ4n) is 3.11. The van der Waals surface area contributed by atoms with E-state index in [9.17, 15) is 8.42 Å². The van der Waals surface area contributed by atoms with Crippen LogP contribution < -0.4 is 10.0 Å². The molecule has 1 unspecified atom stereocenters. The monoisotopic (exact) mass is 554 g/mol. The Balaban J connectivity index is 0.00000450. The quantitative estimate of drug-likeness (QED) is 0.177. The first-order chi connectivity index (χ1) is 14.0. The highest BCUT2D eigenvalue weighted by Gasteiger charge is 2.25. The summed E-state index contributed by atoms with van der Waals surface area (Å²) < 4.78 is 37.8. The van der Waals surface area contributed by atoms with Crippen molar-refractivity contribution in [2.45, 2.75) is 19.9 Å². The second kappa shape index (κ2) is 15.0. The normalized spacial score (nSPS) is 17.1. The molecule has 0 amide bonds. The zero-order valence-electron chi connectivity index (χ0n) is 17.9. The number of likely N-dealkylation sites (tertiary alicyclic amines) is 1. The second-order valence-electron chi connectivity index (χ2n) is 7.03. The van der Waals surface area contributed by atoms with Gasteiger partial charge in [0, 0.05) is 39.2 Å². The SMILES string of the molecule is CCNC(=NCCS(=O)(=O)NCc1ccccc1)N1CCC(COCCOC)C1.I. The Morgan fingerprint density at radius 2 is 2.03 bits per heavy atom. The Kier molecular flexibility index (Phi) is 13.5. The van der Waals surface area contributed by atoms with Gasteiger partial charge >= 0.3 is 0 Å². The minimum absolute atomic E-state index is 0. The number of hydrogen-bond donors (Lipinski definition) is 2. The molecular weight excluding hydrogens is 519 g/mol. The van der Waals surface area contributed by atoms with Crippen LogP contribution in [0.1, 0.15) is 18.9 Å². The average molecular weight is 554 g/mol. The van der Waals surface area contributed by atoms with Crippen LogP contribution >= 0.6 is 24.0 Å². The molecule has 0 aromatic heterocycles. The largest absolute Gasteiger partial charge is 0.382 e. The van der Waals surface area contributed by atoms with Gasteiger partial charge in [-0.05, 0) is 18.9 Å². The number of hydrogen-bond acceptors (Lipinski definition) is 5. The molecule has 0 radical (unpaired) electrons. The predicted molar refractivity (Wildman–Crippen MR) is 131 cm³/mol. The topological polar surface area (TPSA) is 92.3 Å². The maximum absolute atomic E-state index is 12.2. The van der Waals surface area contributed by atoms with E-state index in [0.29, 0.717) is 32.3 Å². The van der Waals surface area contributed by atoms with Crippen molar-refractivity contribution in [2.75, 3.05) is 58.9 Å². The van der Waals surface area contributed by atoms with E-state index in [1.165, 1.54) is 0 Å². The molecule has 1 saturated heterocycles. The van der Waals surface area contributed by atoms with Crippen LogP contribution in [0.15, 0.2) is 35.3 Å². The molecule has 1 aliphatic rings. The van der Waals surface area contributed by atoms with Gasteiger partial charge in [-0.25, -0.2) is 13.1 Å². The van der Waals surface area contributed by atoms with E-state index in [4.69, 9.17) is 9.47 Å². The molecule has 1 heterocycles. The predicted octanol–water partition coefficient (Wildman–Crippen LogP) is 1.67. The van der Waals surface area contributed by atoms with Crippen molar-refractivity contribution >= 4 is 40.0 Å². The first-order valence-electron chi connectivity index (χ1n) is 10.1. The summed E-state index contributed by atoms with van der Waals surface area (Å²) in [6.45, 7) is 6.93. The number of aliphatic imine (C=N–C) groups is 1. The Morgan fingerprint density at radius 1 is 1.27 bits per heavy atom. The number of benzene rings is 1. The Labute approximate surface area is 197 Å². The fourth-order valence-corrected chi connectivity index (χ4v) is 3.97. The van der Waals surface area contributed by atoms with Gasteiger partial charge in [0.25, 0.3) is 0 Å². The third-order valence-electron chi connectivity index (χ3n) is 4.67. The number of guanidine groups is 1. The maximum Gasteiger partial charge on any atom is 0.213 e. The molecule has 0 spiro atoms. The van der Waals surface area contributed by atoms with E-state index in [1.807, 2.05) is 37.3 Å². The van der Waals surface area contributed by atoms with E-state index < -0.39 is 10.0 Å². The lowest BCUT2D eigenvalue weighted by Gasteiger charge is -2.21. The maximum atomic E-state index is 12.2. The summed E-state index contributed by atoms with van der Waals surface area (Å²) in [7, 11) is -1.71. The number of halogens is 1. The van der Waals surface area contributed by atoms with E-state index >= 15 is 0 Å². The highest BCUT2D eigenvalue weighted by atomic mass is 127. The van der Waals surface area contributed by atoms with E-state index in [0.717, 1.165) is 37.6 Å². The number of rotatable bonds is 12. The third kappa shape index (κ3) is 10.4. The molecule has 2 rings (SSSR count). The smallest absolute Gasteiger partial charge is 0.213 e. The van der Waals surface area contributed by atoms with Crippen molar-refractivity contribution in [2.24, 2.45) is 10.9 Å². The summed E-state index contributed by atoms with van der Waals surface area (Å²) >= 11 is 0. The molecular formula is C20H35IN4O4S. The van der Waals surface area contributed by atoms with E-state index in [-0.39, 0.29) is 36.3 Å². The lowest BCUT2D eigenvalue weighted by Crippen LogP contribution is -2.40. The molecule has 1 aromatic rings. The molecule has 0 saturated carbocycles. The fraction of sp³-hybridized carbons (Fsp3) is 0.650. The van der Waals surface area contributed by atoms with Crippen LogP contribution in [0, 0.1) is 5.92 Å². The molecule has 0 aliphatic carbocycles. The number of methoxy groups -OCH3 is 1. The van der Waals surface area contributed by atoms with Gasteiger partial charge in [-0.3, -0.25) is 4.99 Å².